The van der Waals surface area contributed by atoms with Gasteiger partial charge in [-0.1, -0.05) is 36.8 Å². The Morgan fingerprint density at radius 2 is 1.55 bits per heavy atom. The van der Waals surface area contributed by atoms with Crippen molar-refractivity contribution in [3.8, 4) is 0 Å². The first-order chi connectivity index (χ1) is 13.7. The van der Waals surface area contributed by atoms with Gasteiger partial charge in [-0.2, -0.15) is 0 Å². The van der Waals surface area contributed by atoms with E-state index in [1.165, 1.54) is 0 Å². The van der Waals surface area contributed by atoms with Crippen LogP contribution in [0.2, 0.25) is 0 Å². The maximum absolute atomic E-state index is 12.6. The van der Waals surface area contributed by atoms with Crippen LogP contribution in [0, 0.1) is 0 Å². The summed E-state index contributed by atoms with van der Waals surface area (Å²) in [6.07, 6.45) is 1.06. The monoisotopic (exact) mass is 408 g/mol. The summed E-state index contributed by atoms with van der Waals surface area (Å²) < 4.78 is 0. The number of nitrogens with two attached hydrogens (primary N) is 2. The minimum atomic E-state index is -1.62. The van der Waals surface area contributed by atoms with Crippen molar-refractivity contribution in [2.75, 3.05) is 6.54 Å². The van der Waals surface area contributed by atoms with E-state index in [0.29, 0.717) is 25.8 Å². The molecule has 1 rings (SSSR count). The topological polar surface area (TPSA) is 185 Å². The number of nitrogens with one attached hydrogen (secondary N) is 2. The summed E-state index contributed by atoms with van der Waals surface area (Å²) in [4.78, 5) is 47.1. The zero-order chi connectivity index (χ0) is 21.8. The molecule has 0 saturated carbocycles. The van der Waals surface area contributed by atoms with Crippen LogP contribution >= 0.6 is 0 Å². The van der Waals surface area contributed by atoms with Gasteiger partial charge in [-0.25, -0.2) is 4.79 Å². The van der Waals surface area contributed by atoms with Crippen molar-refractivity contribution in [1.82, 2.24) is 10.6 Å². The molecule has 0 aromatic heterocycles. The van der Waals surface area contributed by atoms with Gasteiger partial charge >= 0.3 is 11.9 Å². The molecule has 3 atom stereocenters. The third kappa shape index (κ3) is 9.17. The number of hydrogen-bond donors (Lipinski definition) is 6. The van der Waals surface area contributed by atoms with E-state index in [2.05, 4.69) is 10.6 Å². The maximum Gasteiger partial charge on any atom is 0.326 e. The maximum atomic E-state index is 12.6. The van der Waals surface area contributed by atoms with Crippen molar-refractivity contribution >= 4 is 23.8 Å². The van der Waals surface area contributed by atoms with E-state index in [4.69, 9.17) is 21.7 Å². The summed E-state index contributed by atoms with van der Waals surface area (Å²) >= 11 is 0. The van der Waals surface area contributed by atoms with Crippen molar-refractivity contribution in [2.24, 2.45) is 11.5 Å². The van der Waals surface area contributed by atoms with Crippen LogP contribution in [0.5, 0.6) is 0 Å². The van der Waals surface area contributed by atoms with E-state index < -0.39 is 48.3 Å². The molecule has 0 fully saturated rings. The highest BCUT2D eigenvalue weighted by Crippen LogP contribution is 2.06. The van der Waals surface area contributed by atoms with Crippen molar-refractivity contribution in [3.05, 3.63) is 35.9 Å². The van der Waals surface area contributed by atoms with Crippen LogP contribution in [-0.2, 0) is 25.6 Å². The fraction of sp³-hybridized carbons (Fsp3) is 0.474. The smallest absolute Gasteiger partial charge is 0.326 e. The number of aliphatic carboxylic acids is 2. The number of rotatable bonds is 13. The van der Waals surface area contributed by atoms with Crippen LogP contribution in [0.4, 0.5) is 0 Å². The van der Waals surface area contributed by atoms with Gasteiger partial charge < -0.3 is 32.3 Å². The van der Waals surface area contributed by atoms with Gasteiger partial charge in [0.2, 0.25) is 11.8 Å². The number of benzene rings is 1. The summed E-state index contributed by atoms with van der Waals surface area (Å²) in [6.45, 7) is 0.480. The van der Waals surface area contributed by atoms with Gasteiger partial charge in [-0.3, -0.25) is 14.4 Å². The lowest BCUT2D eigenvalue weighted by Crippen LogP contribution is -2.55. The molecule has 10 nitrogen and oxygen atoms in total. The molecule has 0 radical (unpaired) electrons. The van der Waals surface area contributed by atoms with Gasteiger partial charge in [-0.15, -0.1) is 0 Å². The van der Waals surface area contributed by atoms with Crippen molar-refractivity contribution in [1.29, 1.82) is 0 Å². The Balaban J connectivity index is 2.89. The molecule has 0 saturated heterocycles. The largest absolute Gasteiger partial charge is 0.481 e. The number of unbranched alkanes of at least 4 members (excludes halogenated alkanes) is 1. The second-order valence-corrected chi connectivity index (χ2v) is 6.64. The zero-order valence-corrected chi connectivity index (χ0v) is 16.0. The lowest BCUT2D eigenvalue weighted by Gasteiger charge is -2.22. The molecule has 2 amide bonds. The molecule has 0 aliphatic rings. The Labute approximate surface area is 168 Å². The standard InChI is InChI=1S/C19H28N4O6/c20-9-5-4-8-13(21)17(26)22-14(10-12-6-2-1-3-7-12)18(27)23-15(19(28)29)11-16(24)25/h1-3,6-7,13-15H,4-5,8-11,20-21H2,(H,22,26)(H,23,27)(H,24,25)(H,28,29)/t13-,14-,15-/m0/s1. The second-order valence-electron chi connectivity index (χ2n) is 6.64. The molecule has 8 N–H and O–H groups in total. The van der Waals surface area contributed by atoms with Crippen LogP contribution in [0.15, 0.2) is 30.3 Å². The number of amides is 2. The highest BCUT2D eigenvalue weighted by atomic mass is 16.4. The molecule has 0 aliphatic heterocycles. The number of carbonyl (C=O) groups is 4. The van der Waals surface area contributed by atoms with Gasteiger partial charge in [0.05, 0.1) is 12.5 Å². The third-order valence-corrected chi connectivity index (χ3v) is 4.21. The Kier molecular flexibility index (Phi) is 10.3. The quantitative estimate of drug-likeness (QED) is 0.229. The first-order valence-electron chi connectivity index (χ1n) is 9.29. The lowest BCUT2D eigenvalue weighted by molar-refractivity contribution is -0.147. The fourth-order valence-electron chi connectivity index (χ4n) is 2.62. The SMILES string of the molecule is NCCCC[C@H](N)C(=O)N[C@@H](Cc1ccccc1)C(=O)N[C@@H](CC(=O)O)C(=O)O. The molecular formula is C19H28N4O6. The lowest BCUT2D eigenvalue weighted by atomic mass is 10.0. The Bertz CT molecular complexity index is 697. The van der Waals surface area contributed by atoms with Crippen LogP contribution in [0.25, 0.3) is 0 Å². The highest BCUT2D eigenvalue weighted by Gasteiger charge is 2.29. The summed E-state index contributed by atoms with van der Waals surface area (Å²) in [6, 6.07) is 5.23. The average Bonchev–Trinajstić information content (AvgIpc) is 2.67. The minimum absolute atomic E-state index is 0.0906. The van der Waals surface area contributed by atoms with Gasteiger partial charge in [-0.05, 0) is 24.9 Å². The molecule has 10 heteroatoms. The fourth-order valence-corrected chi connectivity index (χ4v) is 2.62. The Morgan fingerprint density at radius 3 is 2.10 bits per heavy atom. The number of carbonyl (C=O) groups excluding carboxylic acids is 2. The normalized spacial score (nSPS) is 13.7. The van der Waals surface area contributed by atoms with Gasteiger partial charge in [0.1, 0.15) is 12.1 Å². The van der Waals surface area contributed by atoms with Crippen molar-refractivity contribution in [2.45, 2.75) is 50.2 Å². The number of carboxylic acids is 2. The van der Waals surface area contributed by atoms with Crippen LogP contribution < -0.4 is 22.1 Å². The van der Waals surface area contributed by atoms with Gasteiger partial charge in [0.25, 0.3) is 0 Å². The Morgan fingerprint density at radius 1 is 0.931 bits per heavy atom. The molecule has 160 valence electrons. The van der Waals surface area contributed by atoms with E-state index >= 15 is 0 Å². The van der Waals surface area contributed by atoms with E-state index in [9.17, 15) is 19.2 Å². The predicted molar refractivity (Wildman–Crippen MR) is 105 cm³/mol. The van der Waals surface area contributed by atoms with E-state index in [-0.39, 0.29) is 6.42 Å². The summed E-state index contributed by atoms with van der Waals surface area (Å²) in [7, 11) is 0. The van der Waals surface area contributed by atoms with E-state index in [0.717, 1.165) is 5.56 Å². The minimum Gasteiger partial charge on any atom is -0.481 e. The molecule has 0 bridgehead atoms. The molecule has 1 aromatic rings. The molecule has 29 heavy (non-hydrogen) atoms. The highest BCUT2D eigenvalue weighted by molar-refractivity contribution is 5.92. The number of carboxylic acid groups (broad SMARTS) is 2. The van der Waals surface area contributed by atoms with Crippen LogP contribution in [0.1, 0.15) is 31.2 Å². The van der Waals surface area contributed by atoms with E-state index in [1.54, 1.807) is 30.3 Å². The van der Waals surface area contributed by atoms with Crippen molar-refractivity contribution in [3.63, 3.8) is 0 Å². The molecule has 0 heterocycles. The van der Waals surface area contributed by atoms with Gasteiger partial charge in [0.15, 0.2) is 0 Å². The first-order valence-corrected chi connectivity index (χ1v) is 9.29. The Hall–Kier alpha value is -2.98. The molecule has 0 spiro atoms. The average molecular weight is 408 g/mol. The van der Waals surface area contributed by atoms with E-state index in [1.807, 2.05) is 0 Å². The molecule has 0 aliphatic carbocycles. The first kappa shape index (κ1) is 24.1. The van der Waals surface area contributed by atoms with Crippen LogP contribution in [0.3, 0.4) is 0 Å². The predicted octanol–water partition coefficient (Wildman–Crippen LogP) is -0.786. The molecule has 0 unspecified atom stereocenters. The zero-order valence-electron chi connectivity index (χ0n) is 16.0. The molecular weight excluding hydrogens is 380 g/mol. The van der Waals surface area contributed by atoms with Crippen LogP contribution in [-0.4, -0.2) is 58.6 Å². The third-order valence-electron chi connectivity index (χ3n) is 4.21. The summed E-state index contributed by atoms with van der Waals surface area (Å²) in [5, 5.41) is 22.7. The van der Waals surface area contributed by atoms with Gasteiger partial charge in [0, 0.05) is 6.42 Å². The summed E-state index contributed by atoms with van der Waals surface area (Å²) in [5.74, 6) is -4.21. The summed E-state index contributed by atoms with van der Waals surface area (Å²) in [5.41, 5.74) is 12.0. The van der Waals surface area contributed by atoms with Crippen molar-refractivity contribution < 1.29 is 29.4 Å². The molecule has 1 aromatic carbocycles. The number of hydrogen-bond acceptors (Lipinski definition) is 6. The second kappa shape index (κ2) is 12.5.